The van der Waals surface area contributed by atoms with Crippen LogP contribution in [0.25, 0.3) is 0 Å². The zero-order chi connectivity index (χ0) is 14.5. The normalized spacial score (nSPS) is 15.7. The molecule has 1 aliphatic rings. The van der Waals surface area contributed by atoms with E-state index in [1.54, 1.807) is 0 Å². The number of anilines is 1. The van der Waals surface area contributed by atoms with Crippen LogP contribution in [0.5, 0.6) is 0 Å². The van der Waals surface area contributed by atoms with Gasteiger partial charge >= 0.3 is 0 Å². The van der Waals surface area contributed by atoms with Crippen molar-refractivity contribution < 1.29 is 0 Å². The summed E-state index contributed by atoms with van der Waals surface area (Å²) in [4.78, 5) is 9.00. The fourth-order valence-corrected chi connectivity index (χ4v) is 2.66. The lowest BCUT2D eigenvalue weighted by Crippen LogP contribution is -2.45. The highest BCUT2D eigenvalue weighted by atomic mass is 15.3. The van der Waals surface area contributed by atoms with Crippen LogP contribution in [0.4, 0.5) is 5.69 Å². The van der Waals surface area contributed by atoms with Crippen molar-refractivity contribution >= 4 is 5.69 Å². The lowest BCUT2D eigenvalue weighted by Gasteiger charge is -2.36. The first kappa shape index (κ1) is 13.6. The van der Waals surface area contributed by atoms with E-state index in [1.807, 2.05) is 42.7 Å². The van der Waals surface area contributed by atoms with Gasteiger partial charge in [0.25, 0.3) is 0 Å². The van der Waals surface area contributed by atoms with Crippen molar-refractivity contribution in [2.24, 2.45) is 0 Å². The predicted molar refractivity (Wildman–Crippen MR) is 82.9 cm³/mol. The summed E-state index contributed by atoms with van der Waals surface area (Å²) in [7, 11) is 0. The van der Waals surface area contributed by atoms with Crippen LogP contribution in [0.3, 0.4) is 0 Å². The highest BCUT2D eigenvalue weighted by molar-refractivity contribution is 5.50. The summed E-state index contributed by atoms with van der Waals surface area (Å²) in [6, 6.07) is 14.1. The van der Waals surface area contributed by atoms with E-state index in [2.05, 4.69) is 26.9 Å². The molecule has 21 heavy (non-hydrogen) atoms. The molecule has 0 saturated carbocycles. The lowest BCUT2D eigenvalue weighted by molar-refractivity contribution is 0.249. The van der Waals surface area contributed by atoms with Gasteiger partial charge in [-0.1, -0.05) is 6.07 Å². The van der Waals surface area contributed by atoms with Gasteiger partial charge in [0.1, 0.15) is 0 Å². The second-order valence-electron chi connectivity index (χ2n) is 5.28. The number of rotatable bonds is 3. The van der Waals surface area contributed by atoms with Gasteiger partial charge in [0.05, 0.1) is 11.6 Å². The number of hydrogen-bond acceptors (Lipinski definition) is 4. The average molecular weight is 278 g/mol. The van der Waals surface area contributed by atoms with Gasteiger partial charge in [-0.2, -0.15) is 5.26 Å². The molecule has 0 atom stereocenters. The molecular formula is C17H18N4. The zero-order valence-electron chi connectivity index (χ0n) is 11.9. The molecule has 0 radical (unpaired) electrons. The van der Waals surface area contributed by atoms with Crippen molar-refractivity contribution in [3.63, 3.8) is 0 Å². The Labute approximate surface area is 125 Å². The largest absolute Gasteiger partial charge is 0.369 e. The summed E-state index contributed by atoms with van der Waals surface area (Å²) in [6.07, 6.45) is 3.75. The summed E-state index contributed by atoms with van der Waals surface area (Å²) < 4.78 is 0. The Morgan fingerprint density at radius 3 is 2.43 bits per heavy atom. The third-order valence-electron chi connectivity index (χ3n) is 3.86. The van der Waals surface area contributed by atoms with Gasteiger partial charge in [0.15, 0.2) is 0 Å². The van der Waals surface area contributed by atoms with Crippen molar-refractivity contribution in [3.8, 4) is 6.07 Å². The van der Waals surface area contributed by atoms with Crippen LogP contribution in [0.1, 0.15) is 11.1 Å². The lowest BCUT2D eigenvalue weighted by atomic mass is 10.2. The van der Waals surface area contributed by atoms with Crippen molar-refractivity contribution in [2.45, 2.75) is 6.54 Å². The summed E-state index contributed by atoms with van der Waals surface area (Å²) in [5.74, 6) is 0. The molecule has 0 bridgehead atoms. The van der Waals surface area contributed by atoms with Crippen LogP contribution >= 0.6 is 0 Å². The molecule has 2 heterocycles. The Balaban J connectivity index is 1.56. The van der Waals surface area contributed by atoms with E-state index in [-0.39, 0.29) is 0 Å². The van der Waals surface area contributed by atoms with Crippen LogP contribution < -0.4 is 4.90 Å². The zero-order valence-corrected chi connectivity index (χ0v) is 11.9. The first-order valence-corrected chi connectivity index (χ1v) is 7.21. The summed E-state index contributed by atoms with van der Waals surface area (Å²) in [6.45, 7) is 5.11. The maximum atomic E-state index is 8.84. The Kier molecular flexibility index (Phi) is 4.13. The van der Waals surface area contributed by atoms with Gasteiger partial charge in [0, 0.05) is 50.8 Å². The van der Waals surface area contributed by atoms with E-state index < -0.39 is 0 Å². The third-order valence-corrected chi connectivity index (χ3v) is 3.86. The van der Waals surface area contributed by atoms with Gasteiger partial charge in [-0.3, -0.25) is 9.88 Å². The molecule has 0 amide bonds. The Hall–Kier alpha value is -2.38. The van der Waals surface area contributed by atoms with Crippen LogP contribution in [0, 0.1) is 11.3 Å². The fraction of sp³-hybridized carbons (Fsp3) is 0.294. The molecular weight excluding hydrogens is 260 g/mol. The number of piperazine rings is 1. The van der Waals surface area contributed by atoms with Crippen LogP contribution in [-0.4, -0.2) is 36.1 Å². The van der Waals surface area contributed by atoms with Gasteiger partial charge in [-0.05, 0) is 35.9 Å². The molecule has 0 N–H and O–H groups in total. The van der Waals surface area contributed by atoms with Gasteiger partial charge in [-0.25, -0.2) is 0 Å². The Morgan fingerprint density at radius 2 is 1.81 bits per heavy atom. The molecule has 1 aromatic heterocycles. The van der Waals surface area contributed by atoms with Gasteiger partial charge in [0.2, 0.25) is 0 Å². The van der Waals surface area contributed by atoms with E-state index in [1.165, 1.54) is 11.3 Å². The second-order valence-corrected chi connectivity index (χ2v) is 5.28. The minimum atomic E-state index is 0.717. The topological polar surface area (TPSA) is 43.2 Å². The average Bonchev–Trinajstić information content (AvgIpc) is 2.57. The molecule has 3 rings (SSSR count). The number of aromatic nitrogens is 1. The number of benzene rings is 1. The minimum Gasteiger partial charge on any atom is -0.369 e. The van der Waals surface area contributed by atoms with Crippen molar-refractivity contribution in [2.75, 3.05) is 31.1 Å². The summed E-state index contributed by atoms with van der Waals surface area (Å²) >= 11 is 0. The fourth-order valence-electron chi connectivity index (χ4n) is 2.66. The standard InChI is InChI=1S/C17H18N4/c18-12-15-3-5-17(6-4-15)21-10-8-20(9-11-21)14-16-2-1-7-19-13-16/h1-7,13H,8-11,14H2. The molecule has 1 aliphatic heterocycles. The Bertz CT molecular complexity index is 607. The molecule has 1 aromatic carbocycles. The van der Waals surface area contributed by atoms with Crippen LogP contribution in [-0.2, 0) is 6.54 Å². The smallest absolute Gasteiger partial charge is 0.0991 e. The quantitative estimate of drug-likeness (QED) is 0.864. The molecule has 0 aliphatic carbocycles. The van der Waals surface area contributed by atoms with Crippen molar-refractivity contribution in [1.29, 1.82) is 5.26 Å². The molecule has 0 unspecified atom stereocenters. The van der Waals surface area contributed by atoms with E-state index in [9.17, 15) is 0 Å². The van der Waals surface area contributed by atoms with Crippen molar-refractivity contribution in [3.05, 3.63) is 59.9 Å². The first-order valence-electron chi connectivity index (χ1n) is 7.21. The molecule has 1 saturated heterocycles. The maximum absolute atomic E-state index is 8.84. The highest BCUT2D eigenvalue weighted by Gasteiger charge is 2.17. The van der Waals surface area contributed by atoms with E-state index >= 15 is 0 Å². The number of nitriles is 1. The SMILES string of the molecule is N#Cc1ccc(N2CCN(Cc3cccnc3)CC2)cc1. The van der Waals surface area contributed by atoms with E-state index in [0.29, 0.717) is 5.56 Å². The third kappa shape index (κ3) is 3.39. The molecule has 1 fully saturated rings. The first-order chi connectivity index (χ1) is 10.3. The van der Waals surface area contributed by atoms with Gasteiger partial charge in [-0.15, -0.1) is 0 Å². The predicted octanol–water partition coefficient (Wildman–Crippen LogP) is 2.28. The van der Waals surface area contributed by atoms with E-state index in [0.717, 1.165) is 32.7 Å². The maximum Gasteiger partial charge on any atom is 0.0991 e. The highest BCUT2D eigenvalue weighted by Crippen LogP contribution is 2.17. The van der Waals surface area contributed by atoms with Crippen LogP contribution in [0.15, 0.2) is 48.8 Å². The number of hydrogen-bond donors (Lipinski definition) is 0. The number of pyridine rings is 1. The molecule has 0 spiro atoms. The number of nitrogens with zero attached hydrogens (tertiary/aromatic N) is 4. The monoisotopic (exact) mass is 278 g/mol. The second kappa shape index (κ2) is 6.38. The summed E-state index contributed by atoms with van der Waals surface area (Å²) in [5.41, 5.74) is 3.19. The summed E-state index contributed by atoms with van der Waals surface area (Å²) in [5, 5.41) is 8.84. The Morgan fingerprint density at radius 1 is 1.05 bits per heavy atom. The van der Waals surface area contributed by atoms with Gasteiger partial charge < -0.3 is 4.90 Å². The molecule has 106 valence electrons. The molecule has 2 aromatic rings. The molecule has 4 heteroatoms. The van der Waals surface area contributed by atoms with Crippen LogP contribution in [0.2, 0.25) is 0 Å². The minimum absolute atomic E-state index is 0.717. The van der Waals surface area contributed by atoms with Crippen molar-refractivity contribution in [1.82, 2.24) is 9.88 Å². The van der Waals surface area contributed by atoms with E-state index in [4.69, 9.17) is 5.26 Å². The molecule has 4 nitrogen and oxygen atoms in total.